The van der Waals surface area contributed by atoms with Crippen molar-refractivity contribution in [2.45, 2.75) is 19.9 Å². The van der Waals surface area contributed by atoms with E-state index in [0.717, 1.165) is 16.8 Å². The van der Waals surface area contributed by atoms with Crippen LogP contribution in [0.2, 0.25) is 0 Å². The molecule has 160 valence electrons. The van der Waals surface area contributed by atoms with Crippen molar-refractivity contribution in [3.63, 3.8) is 0 Å². The lowest BCUT2D eigenvalue weighted by Gasteiger charge is -2.25. The molecular weight excluding hydrogens is 414 g/mol. The van der Waals surface area contributed by atoms with Crippen LogP contribution in [0.1, 0.15) is 31.0 Å². The third kappa shape index (κ3) is 3.86. The van der Waals surface area contributed by atoms with Crippen LogP contribution in [0.5, 0.6) is 0 Å². The van der Waals surface area contributed by atoms with Gasteiger partial charge in [-0.2, -0.15) is 0 Å². The molecule has 3 aromatic rings. The van der Waals surface area contributed by atoms with Crippen LogP contribution < -0.4 is 19.8 Å². The second-order valence-corrected chi connectivity index (χ2v) is 8.35. The summed E-state index contributed by atoms with van der Waals surface area (Å²) in [5, 5.41) is 0. The molecule has 0 radical (unpaired) electrons. The number of carbonyl (C=O) groups is 1. The first-order chi connectivity index (χ1) is 14.9. The van der Waals surface area contributed by atoms with Gasteiger partial charge in [-0.15, -0.1) is 0 Å². The third-order valence-electron chi connectivity index (χ3n) is 5.08. The third-order valence-corrected chi connectivity index (χ3v) is 6.07. The van der Waals surface area contributed by atoms with E-state index in [4.69, 9.17) is 9.15 Å². The summed E-state index contributed by atoms with van der Waals surface area (Å²) in [5.74, 6) is -0.463. The Bertz CT molecular complexity index is 1310. The van der Waals surface area contributed by atoms with Gasteiger partial charge in [0, 0.05) is 25.3 Å². The minimum atomic E-state index is -0.613. The molecule has 8 heteroatoms. The van der Waals surface area contributed by atoms with Gasteiger partial charge in [0.1, 0.15) is 0 Å². The van der Waals surface area contributed by atoms with Crippen LogP contribution in [-0.2, 0) is 9.53 Å². The summed E-state index contributed by atoms with van der Waals surface area (Å²) in [7, 11) is 3.92. The van der Waals surface area contributed by atoms with Gasteiger partial charge in [0.05, 0.1) is 41.0 Å². The summed E-state index contributed by atoms with van der Waals surface area (Å²) in [5.41, 5.74) is 3.35. The number of aromatic nitrogens is 1. The normalized spacial score (nSPS) is 16.1. The maximum Gasteiger partial charge on any atom is 0.338 e. The number of allylic oxidation sites excluding steroid dienone is 1. The molecule has 2 aromatic heterocycles. The molecular formula is C23H23N3O4S. The summed E-state index contributed by atoms with van der Waals surface area (Å²) in [6.07, 6.45) is 4.90. The number of carbonyl (C=O) groups excluding carboxylic acids is 1. The molecule has 0 fully saturated rings. The molecule has 1 aliphatic heterocycles. The molecule has 3 heterocycles. The van der Waals surface area contributed by atoms with Crippen LogP contribution in [0.25, 0.3) is 6.08 Å². The number of thiazole rings is 1. The first kappa shape index (κ1) is 20.9. The van der Waals surface area contributed by atoms with E-state index in [-0.39, 0.29) is 12.2 Å². The van der Waals surface area contributed by atoms with E-state index in [2.05, 4.69) is 4.99 Å². The fourth-order valence-corrected chi connectivity index (χ4v) is 4.62. The molecule has 1 aliphatic rings. The number of furan rings is 1. The predicted molar refractivity (Wildman–Crippen MR) is 120 cm³/mol. The first-order valence-electron chi connectivity index (χ1n) is 9.90. The van der Waals surface area contributed by atoms with E-state index in [1.54, 1.807) is 43.1 Å². The summed E-state index contributed by atoms with van der Waals surface area (Å²) < 4.78 is 12.5. The molecule has 0 amide bonds. The van der Waals surface area contributed by atoms with Gasteiger partial charge in [-0.3, -0.25) is 9.36 Å². The maximum absolute atomic E-state index is 13.4. The van der Waals surface area contributed by atoms with Crippen LogP contribution in [0, 0.1) is 0 Å². The van der Waals surface area contributed by atoms with E-state index in [1.165, 1.54) is 11.3 Å². The molecule has 0 bridgehead atoms. The number of nitrogens with zero attached hydrogens (tertiary/aromatic N) is 3. The molecule has 1 unspecified atom stereocenters. The van der Waals surface area contributed by atoms with E-state index >= 15 is 0 Å². The summed E-state index contributed by atoms with van der Waals surface area (Å²) in [4.78, 5) is 33.4. The number of fused-ring (bicyclic) bond motifs is 1. The van der Waals surface area contributed by atoms with Crippen molar-refractivity contribution < 1.29 is 13.9 Å². The van der Waals surface area contributed by atoms with E-state index < -0.39 is 12.0 Å². The molecule has 1 atom stereocenters. The molecule has 0 spiro atoms. The number of hydrogen-bond donors (Lipinski definition) is 0. The Hall–Kier alpha value is -3.39. The molecule has 1 aromatic carbocycles. The molecule has 0 saturated heterocycles. The van der Waals surface area contributed by atoms with Crippen molar-refractivity contribution in [3.8, 4) is 0 Å². The van der Waals surface area contributed by atoms with Crippen LogP contribution >= 0.6 is 11.3 Å². The Morgan fingerprint density at radius 3 is 2.65 bits per heavy atom. The lowest BCUT2D eigenvalue weighted by atomic mass is 9.95. The standard InChI is InChI=1S/C23H23N3O4S/c1-5-30-22(28)19-14(2)24-23-26(20(19)16-6-8-17(9-7-16)25(3)4)21(27)18(31-23)12-15-10-11-29-13-15/h6-13,20H,5H2,1-4H3/b18-12-. The van der Waals surface area contributed by atoms with Gasteiger partial charge in [0.15, 0.2) is 4.80 Å². The predicted octanol–water partition coefficient (Wildman–Crippen LogP) is 2.46. The SMILES string of the molecule is CCOC(=O)C1=C(C)N=c2s/c(=C\c3ccoc3)c(=O)n2C1c1ccc(N(C)C)cc1. The van der Waals surface area contributed by atoms with Gasteiger partial charge in [-0.25, -0.2) is 9.79 Å². The highest BCUT2D eigenvalue weighted by Crippen LogP contribution is 2.31. The van der Waals surface area contributed by atoms with Gasteiger partial charge in [-0.1, -0.05) is 23.5 Å². The van der Waals surface area contributed by atoms with Gasteiger partial charge < -0.3 is 14.1 Å². The van der Waals surface area contributed by atoms with Crippen LogP contribution in [0.15, 0.2) is 68.3 Å². The highest BCUT2D eigenvalue weighted by molar-refractivity contribution is 7.07. The first-order valence-corrected chi connectivity index (χ1v) is 10.7. The monoisotopic (exact) mass is 437 g/mol. The van der Waals surface area contributed by atoms with E-state index in [9.17, 15) is 9.59 Å². The smallest absolute Gasteiger partial charge is 0.338 e. The minimum absolute atomic E-state index is 0.207. The second kappa shape index (κ2) is 8.39. The zero-order valence-electron chi connectivity index (χ0n) is 17.8. The Kier molecular flexibility index (Phi) is 5.65. The van der Waals surface area contributed by atoms with Crippen LogP contribution in [-0.4, -0.2) is 31.2 Å². The molecule has 0 N–H and O–H groups in total. The minimum Gasteiger partial charge on any atom is -0.472 e. The Balaban J connectivity index is 1.94. The number of ether oxygens (including phenoxy) is 1. The van der Waals surface area contributed by atoms with Gasteiger partial charge in [-0.05, 0) is 43.7 Å². The Labute approximate surface area is 183 Å². The van der Waals surface area contributed by atoms with E-state index in [1.807, 2.05) is 43.3 Å². The largest absolute Gasteiger partial charge is 0.472 e. The van der Waals surface area contributed by atoms with Crippen LogP contribution in [0.4, 0.5) is 5.69 Å². The van der Waals surface area contributed by atoms with Gasteiger partial charge in [0.2, 0.25) is 0 Å². The highest BCUT2D eigenvalue weighted by atomic mass is 32.1. The number of anilines is 1. The summed E-state index contributed by atoms with van der Waals surface area (Å²) in [6.45, 7) is 3.78. The Morgan fingerprint density at radius 1 is 1.29 bits per heavy atom. The average Bonchev–Trinajstić information content (AvgIpc) is 3.35. The summed E-state index contributed by atoms with van der Waals surface area (Å²) in [6, 6.07) is 8.98. The number of hydrogen-bond acceptors (Lipinski definition) is 7. The fraction of sp³-hybridized carbons (Fsp3) is 0.261. The van der Waals surface area contributed by atoms with Crippen molar-refractivity contribution in [2.75, 3.05) is 25.6 Å². The number of esters is 1. The Morgan fingerprint density at radius 2 is 2.03 bits per heavy atom. The second-order valence-electron chi connectivity index (χ2n) is 7.34. The molecule has 0 saturated carbocycles. The molecule has 0 aliphatic carbocycles. The maximum atomic E-state index is 13.4. The quantitative estimate of drug-likeness (QED) is 0.573. The van der Waals surface area contributed by atoms with Crippen LogP contribution in [0.3, 0.4) is 0 Å². The molecule has 31 heavy (non-hydrogen) atoms. The molecule has 7 nitrogen and oxygen atoms in total. The topological polar surface area (TPSA) is 77.0 Å². The van der Waals surface area contributed by atoms with Crippen molar-refractivity contribution in [1.29, 1.82) is 0 Å². The number of benzene rings is 1. The number of rotatable bonds is 5. The van der Waals surface area contributed by atoms with Crippen molar-refractivity contribution in [1.82, 2.24) is 4.57 Å². The zero-order chi connectivity index (χ0) is 22.1. The zero-order valence-corrected chi connectivity index (χ0v) is 18.6. The van der Waals surface area contributed by atoms with Gasteiger partial charge >= 0.3 is 5.97 Å². The lowest BCUT2D eigenvalue weighted by Crippen LogP contribution is -2.39. The fourth-order valence-electron chi connectivity index (χ4n) is 3.57. The van der Waals surface area contributed by atoms with Crippen molar-refractivity contribution in [3.05, 3.63) is 84.9 Å². The average molecular weight is 438 g/mol. The highest BCUT2D eigenvalue weighted by Gasteiger charge is 2.33. The summed E-state index contributed by atoms with van der Waals surface area (Å²) >= 11 is 1.29. The van der Waals surface area contributed by atoms with E-state index in [0.29, 0.717) is 20.6 Å². The molecule has 4 rings (SSSR count). The van der Waals surface area contributed by atoms with Crippen molar-refractivity contribution >= 4 is 29.1 Å². The van der Waals surface area contributed by atoms with Crippen molar-refractivity contribution in [2.24, 2.45) is 4.99 Å². The lowest BCUT2D eigenvalue weighted by molar-refractivity contribution is -0.139. The van der Waals surface area contributed by atoms with Gasteiger partial charge in [0.25, 0.3) is 5.56 Å².